The van der Waals surface area contributed by atoms with Crippen LogP contribution in [-0.2, 0) is 6.18 Å². The average Bonchev–Trinajstić information content (AvgIpc) is 2.85. The van der Waals surface area contributed by atoms with E-state index in [9.17, 15) is 13.2 Å². The number of rotatable bonds is 3. The van der Waals surface area contributed by atoms with E-state index in [1.807, 2.05) is 6.26 Å². The summed E-state index contributed by atoms with van der Waals surface area (Å²) in [4.78, 5) is 0.435. The minimum atomic E-state index is -4.45. The van der Waals surface area contributed by atoms with E-state index in [1.165, 1.54) is 29.2 Å². The fourth-order valence-corrected chi connectivity index (χ4v) is 3.75. The number of benzene rings is 1. The zero-order valence-electron chi connectivity index (χ0n) is 9.93. The van der Waals surface area contributed by atoms with Crippen molar-refractivity contribution >= 4 is 34.9 Å². The van der Waals surface area contributed by atoms with Crippen LogP contribution in [0.3, 0.4) is 0 Å². The zero-order valence-corrected chi connectivity index (χ0v) is 12.4. The Bertz CT molecular complexity index is 661. The number of hydrogen-bond acceptors (Lipinski definition) is 6. The van der Waals surface area contributed by atoms with E-state index in [-0.39, 0.29) is 5.56 Å². The molecular weight excluding hydrogens is 327 g/mol. The fraction of sp³-hybridized carbons (Fsp3) is 0.182. The molecule has 0 radical (unpaired) electrons. The van der Waals surface area contributed by atoms with E-state index >= 15 is 0 Å². The number of hydrogen-bond donors (Lipinski definition) is 0. The van der Waals surface area contributed by atoms with E-state index in [4.69, 9.17) is 5.26 Å². The Hall–Kier alpha value is -1.24. The van der Waals surface area contributed by atoms with Crippen molar-refractivity contribution in [2.24, 2.45) is 0 Å². The molecule has 9 heteroatoms. The van der Waals surface area contributed by atoms with Crippen LogP contribution in [0.4, 0.5) is 13.2 Å². The van der Waals surface area contributed by atoms with Gasteiger partial charge in [-0.2, -0.15) is 18.4 Å². The predicted molar refractivity (Wildman–Crippen MR) is 72.0 cm³/mol. The zero-order chi connectivity index (χ0) is 14.8. The largest absolute Gasteiger partial charge is 0.416 e. The van der Waals surface area contributed by atoms with Gasteiger partial charge in [-0.05, 0) is 24.5 Å². The molecule has 104 valence electrons. The van der Waals surface area contributed by atoms with E-state index in [2.05, 4.69) is 10.2 Å². The standard InChI is InChI=1S/C11H6F3N3S3/c1-18-9-16-17-10(20-9)19-8-3-2-7(11(12,13)14)4-6(8)5-15/h2-4H,1H3. The lowest BCUT2D eigenvalue weighted by atomic mass is 10.1. The maximum absolute atomic E-state index is 12.6. The molecule has 0 unspecified atom stereocenters. The number of nitriles is 1. The van der Waals surface area contributed by atoms with Crippen molar-refractivity contribution in [2.45, 2.75) is 19.8 Å². The lowest BCUT2D eigenvalue weighted by molar-refractivity contribution is -0.137. The number of aromatic nitrogens is 2. The summed E-state index contributed by atoms with van der Waals surface area (Å²) < 4.78 is 39.1. The van der Waals surface area contributed by atoms with Crippen molar-refractivity contribution in [3.63, 3.8) is 0 Å². The summed E-state index contributed by atoms with van der Waals surface area (Å²) in [6.07, 6.45) is -2.60. The van der Waals surface area contributed by atoms with Gasteiger partial charge in [0.15, 0.2) is 8.68 Å². The third-order valence-corrected chi connectivity index (χ3v) is 5.21. The second kappa shape index (κ2) is 6.03. The molecule has 1 aromatic heterocycles. The van der Waals surface area contributed by atoms with Gasteiger partial charge in [0.05, 0.1) is 11.1 Å². The molecule has 20 heavy (non-hydrogen) atoms. The topological polar surface area (TPSA) is 49.6 Å². The van der Waals surface area contributed by atoms with Gasteiger partial charge in [0.2, 0.25) is 0 Å². The van der Waals surface area contributed by atoms with Gasteiger partial charge in [0.25, 0.3) is 0 Å². The second-order valence-electron chi connectivity index (χ2n) is 3.46. The quantitative estimate of drug-likeness (QED) is 0.784. The molecule has 0 bridgehead atoms. The van der Waals surface area contributed by atoms with Crippen LogP contribution in [0.25, 0.3) is 0 Å². The molecule has 0 aliphatic rings. The SMILES string of the molecule is CSc1nnc(Sc2ccc(C(F)(F)F)cc2C#N)s1. The Morgan fingerprint density at radius 1 is 1.25 bits per heavy atom. The van der Waals surface area contributed by atoms with Crippen molar-refractivity contribution in [3.8, 4) is 6.07 Å². The first-order valence-corrected chi connectivity index (χ1v) is 7.96. The van der Waals surface area contributed by atoms with Crippen LogP contribution < -0.4 is 0 Å². The minimum Gasteiger partial charge on any atom is -0.192 e. The van der Waals surface area contributed by atoms with Gasteiger partial charge in [-0.1, -0.05) is 34.9 Å². The molecule has 0 spiro atoms. The van der Waals surface area contributed by atoms with Gasteiger partial charge < -0.3 is 0 Å². The van der Waals surface area contributed by atoms with Crippen molar-refractivity contribution < 1.29 is 13.2 Å². The Labute approximate surface area is 125 Å². The molecule has 0 N–H and O–H groups in total. The first-order valence-electron chi connectivity index (χ1n) is 5.10. The summed E-state index contributed by atoms with van der Waals surface area (Å²) in [7, 11) is 0. The Balaban J connectivity index is 2.31. The normalized spacial score (nSPS) is 11.3. The Morgan fingerprint density at radius 3 is 2.50 bits per heavy atom. The number of halogens is 3. The minimum absolute atomic E-state index is 0.0225. The lowest BCUT2D eigenvalue weighted by Gasteiger charge is -2.08. The molecule has 0 atom stereocenters. The monoisotopic (exact) mass is 333 g/mol. The maximum atomic E-state index is 12.6. The summed E-state index contributed by atoms with van der Waals surface area (Å²) >= 11 is 3.90. The summed E-state index contributed by atoms with van der Waals surface area (Å²) in [5.41, 5.74) is -0.855. The highest BCUT2D eigenvalue weighted by atomic mass is 32.2. The molecule has 2 rings (SSSR count). The molecule has 0 fully saturated rings. The highest BCUT2D eigenvalue weighted by Crippen LogP contribution is 2.37. The van der Waals surface area contributed by atoms with E-state index < -0.39 is 11.7 Å². The van der Waals surface area contributed by atoms with E-state index in [0.29, 0.717) is 9.24 Å². The molecule has 1 aromatic carbocycles. The van der Waals surface area contributed by atoms with Crippen LogP contribution in [0.5, 0.6) is 0 Å². The number of thioether (sulfide) groups is 1. The van der Waals surface area contributed by atoms with Crippen LogP contribution >= 0.6 is 34.9 Å². The van der Waals surface area contributed by atoms with Crippen molar-refractivity contribution in [1.29, 1.82) is 5.26 Å². The molecule has 0 aliphatic heterocycles. The molecule has 0 amide bonds. The first-order chi connectivity index (χ1) is 9.44. The van der Waals surface area contributed by atoms with E-state index in [1.54, 1.807) is 6.07 Å². The summed E-state index contributed by atoms with van der Waals surface area (Å²) in [5, 5.41) is 16.8. The van der Waals surface area contributed by atoms with Crippen LogP contribution in [0.2, 0.25) is 0 Å². The van der Waals surface area contributed by atoms with Crippen molar-refractivity contribution in [2.75, 3.05) is 6.26 Å². The first kappa shape index (κ1) is 15.2. The summed E-state index contributed by atoms with van der Waals surface area (Å²) in [6, 6.07) is 4.87. The smallest absolute Gasteiger partial charge is 0.192 e. The Morgan fingerprint density at radius 2 is 1.95 bits per heavy atom. The van der Waals surface area contributed by atoms with Crippen LogP contribution in [0, 0.1) is 11.3 Å². The summed E-state index contributed by atoms with van der Waals surface area (Å²) in [6.45, 7) is 0. The van der Waals surface area contributed by atoms with Gasteiger partial charge in [-0.25, -0.2) is 0 Å². The third kappa shape index (κ3) is 3.45. The average molecular weight is 333 g/mol. The molecular formula is C11H6F3N3S3. The van der Waals surface area contributed by atoms with Gasteiger partial charge in [0.1, 0.15) is 6.07 Å². The maximum Gasteiger partial charge on any atom is 0.416 e. The lowest BCUT2D eigenvalue weighted by Crippen LogP contribution is -2.05. The van der Waals surface area contributed by atoms with Gasteiger partial charge in [-0.15, -0.1) is 10.2 Å². The van der Waals surface area contributed by atoms with Crippen molar-refractivity contribution in [3.05, 3.63) is 29.3 Å². The Kier molecular flexibility index (Phi) is 4.57. The van der Waals surface area contributed by atoms with Gasteiger partial charge in [-0.3, -0.25) is 0 Å². The fourth-order valence-electron chi connectivity index (χ4n) is 1.30. The van der Waals surface area contributed by atoms with Crippen molar-refractivity contribution in [1.82, 2.24) is 10.2 Å². The molecule has 0 aliphatic carbocycles. The molecule has 1 heterocycles. The third-order valence-electron chi connectivity index (χ3n) is 2.19. The van der Waals surface area contributed by atoms with E-state index in [0.717, 1.165) is 28.2 Å². The molecule has 2 aromatic rings. The molecule has 3 nitrogen and oxygen atoms in total. The highest BCUT2D eigenvalue weighted by Gasteiger charge is 2.31. The molecule has 0 saturated heterocycles. The highest BCUT2D eigenvalue weighted by molar-refractivity contribution is 8.03. The second-order valence-corrected chi connectivity index (χ2v) is 6.78. The molecule has 0 saturated carbocycles. The summed E-state index contributed by atoms with van der Waals surface area (Å²) in [5.74, 6) is 0. The van der Waals surface area contributed by atoms with Crippen LogP contribution in [0.15, 0.2) is 31.8 Å². The van der Waals surface area contributed by atoms with Crippen LogP contribution in [-0.4, -0.2) is 16.5 Å². The number of alkyl halides is 3. The predicted octanol–water partition coefficient (Wildman–Crippen LogP) is 4.30. The van der Waals surface area contributed by atoms with Gasteiger partial charge >= 0.3 is 6.18 Å². The number of nitrogens with zero attached hydrogens (tertiary/aromatic N) is 3. The van der Waals surface area contributed by atoms with Gasteiger partial charge in [0, 0.05) is 4.90 Å². The van der Waals surface area contributed by atoms with Crippen LogP contribution in [0.1, 0.15) is 11.1 Å².